The van der Waals surface area contributed by atoms with Gasteiger partial charge in [-0.05, 0) is 33.4 Å². The first-order valence-electron chi connectivity index (χ1n) is 5.17. The summed E-state index contributed by atoms with van der Waals surface area (Å²) in [6.45, 7) is 0. The fourth-order valence-electron chi connectivity index (χ4n) is 1.74. The van der Waals surface area contributed by atoms with Crippen LogP contribution in [0.2, 0.25) is 0 Å². The Kier molecular flexibility index (Phi) is 3.32. The molecule has 3 aromatic rings. The second kappa shape index (κ2) is 4.95. The van der Waals surface area contributed by atoms with E-state index < -0.39 is 0 Å². The first-order valence-corrected chi connectivity index (χ1v) is 7.57. The molecule has 0 fully saturated rings. The van der Waals surface area contributed by atoms with Crippen LogP contribution in [0, 0.1) is 0 Å². The molecule has 1 heterocycles. The molecule has 0 spiro atoms. The van der Waals surface area contributed by atoms with Crippen LogP contribution in [0.3, 0.4) is 0 Å². The molecule has 0 aliphatic carbocycles. The van der Waals surface area contributed by atoms with Crippen molar-refractivity contribution in [3.63, 3.8) is 0 Å². The molecule has 0 aliphatic rings. The Balaban J connectivity index is 2.09. The second-order valence-electron chi connectivity index (χ2n) is 3.63. The number of aromatic nitrogens is 2. The van der Waals surface area contributed by atoms with Crippen LogP contribution in [0.1, 0.15) is 0 Å². The number of fused-ring (bicyclic) bond motifs is 1. The lowest BCUT2D eigenvalue weighted by molar-refractivity contribution is 1.07. The molecule has 1 N–H and O–H groups in total. The first-order chi connectivity index (χ1) is 8.74. The molecule has 0 saturated carbocycles. The van der Waals surface area contributed by atoms with Crippen molar-refractivity contribution in [2.24, 2.45) is 0 Å². The Morgan fingerprint density at radius 2 is 1.72 bits per heavy atom. The smallest absolute Gasteiger partial charge is 0.210 e. The molecular formula is C12H7Br2N3S. The molecular weight excluding hydrogens is 378 g/mol. The normalized spacial score (nSPS) is 10.8. The van der Waals surface area contributed by atoms with Gasteiger partial charge in [-0.2, -0.15) is 0 Å². The van der Waals surface area contributed by atoms with E-state index in [0.717, 1.165) is 24.6 Å². The van der Waals surface area contributed by atoms with Crippen LogP contribution in [0.4, 0.5) is 10.8 Å². The molecule has 0 aliphatic heterocycles. The van der Waals surface area contributed by atoms with Gasteiger partial charge in [0, 0.05) is 15.5 Å². The minimum Gasteiger partial charge on any atom is -0.330 e. The molecule has 2 aromatic carbocycles. The van der Waals surface area contributed by atoms with E-state index in [9.17, 15) is 0 Å². The van der Waals surface area contributed by atoms with Crippen LogP contribution >= 0.6 is 43.2 Å². The number of anilines is 2. The fraction of sp³-hybridized carbons (Fsp3) is 0. The third-order valence-electron chi connectivity index (χ3n) is 2.51. The molecule has 0 radical (unpaired) electrons. The number of nitrogens with one attached hydrogen (secondary N) is 1. The van der Waals surface area contributed by atoms with Crippen molar-refractivity contribution >= 4 is 64.8 Å². The van der Waals surface area contributed by atoms with Crippen molar-refractivity contribution in [3.8, 4) is 0 Å². The fourth-order valence-corrected chi connectivity index (χ4v) is 3.24. The highest BCUT2D eigenvalue weighted by atomic mass is 79.9. The van der Waals surface area contributed by atoms with Crippen molar-refractivity contribution < 1.29 is 0 Å². The molecule has 3 nitrogen and oxygen atoms in total. The summed E-state index contributed by atoms with van der Waals surface area (Å²) >= 11 is 8.33. The Labute approximate surface area is 125 Å². The van der Waals surface area contributed by atoms with Gasteiger partial charge in [-0.25, -0.2) is 0 Å². The topological polar surface area (TPSA) is 37.8 Å². The van der Waals surface area contributed by atoms with Gasteiger partial charge in [0.05, 0.1) is 0 Å². The van der Waals surface area contributed by atoms with E-state index in [-0.39, 0.29) is 0 Å². The quantitative estimate of drug-likeness (QED) is 0.678. The van der Waals surface area contributed by atoms with E-state index in [2.05, 4.69) is 59.5 Å². The van der Waals surface area contributed by atoms with Gasteiger partial charge < -0.3 is 5.32 Å². The van der Waals surface area contributed by atoms with Crippen LogP contribution in [0.5, 0.6) is 0 Å². The van der Waals surface area contributed by atoms with Crippen LogP contribution in [0.15, 0.2) is 44.8 Å². The van der Waals surface area contributed by atoms with Gasteiger partial charge >= 0.3 is 0 Å². The van der Waals surface area contributed by atoms with Gasteiger partial charge in [0.25, 0.3) is 0 Å². The predicted molar refractivity (Wildman–Crippen MR) is 82.5 cm³/mol. The standard InChI is InChI=1S/C12H7Br2N3S/c13-9-5-6-10(8-4-2-1-3-7(8)9)15-12-17-16-11(14)18-12/h1-6H,(H,15,17). The summed E-state index contributed by atoms with van der Waals surface area (Å²) in [6.07, 6.45) is 0. The molecule has 0 unspecified atom stereocenters. The maximum Gasteiger partial charge on any atom is 0.210 e. The molecule has 18 heavy (non-hydrogen) atoms. The van der Waals surface area contributed by atoms with Gasteiger partial charge in [0.15, 0.2) is 3.92 Å². The SMILES string of the molecule is Brc1nnc(Nc2ccc(Br)c3ccccc23)s1. The summed E-state index contributed by atoms with van der Waals surface area (Å²) in [4.78, 5) is 0. The summed E-state index contributed by atoms with van der Waals surface area (Å²) in [6, 6.07) is 12.3. The zero-order valence-corrected chi connectivity index (χ0v) is 13.0. The van der Waals surface area contributed by atoms with Crippen molar-refractivity contribution in [3.05, 3.63) is 44.8 Å². The van der Waals surface area contributed by atoms with Gasteiger partial charge in [-0.1, -0.05) is 51.5 Å². The third kappa shape index (κ3) is 2.28. The van der Waals surface area contributed by atoms with E-state index in [1.165, 1.54) is 16.7 Å². The zero-order valence-electron chi connectivity index (χ0n) is 9.02. The van der Waals surface area contributed by atoms with Crippen LogP contribution in [0.25, 0.3) is 10.8 Å². The third-order valence-corrected chi connectivity index (χ3v) is 4.48. The van der Waals surface area contributed by atoms with Gasteiger partial charge in [-0.15, -0.1) is 10.2 Å². The molecule has 1 aromatic heterocycles. The van der Waals surface area contributed by atoms with Gasteiger partial charge in [0.1, 0.15) is 0 Å². The largest absolute Gasteiger partial charge is 0.330 e. The lowest BCUT2D eigenvalue weighted by atomic mass is 10.1. The van der Waals surface area contributed by atoms with Crippen LogP contribution < -0.4 is 5.32 Å². The van der Waals surface area contributed by atoms with Gasteiger partial charge in [-0.3, -0.25) is 0 Å². The second-order valence-corrected chi connectivity index (χ2v) is 6.73. The summed E-state index contributed by atoms with van der Waals surface area (Å²) in [5.74, 6) is 0. The minimum atomic E-state index is 0.770. The van der Waals surface area contributed by atoms with Crippen LogP contribution in [-0.2, 0) is 0 Å². The number of hydrogen-bond acceptors (Lipinski definition) is 4. The van der Waals surface area contributed by atoms with Crippen molar-refractivity contribution in [2.75, 3.05) is 5.32 Å². The molecule has 6 heteroatoms. The maximum absolute atomic E-state index is 4.04. The summed E-state index contributed by atoms with van der Waals surface area (Å²) in [5.41, 5.74) is 1.03. The number of hydrogen-bond donors (Lipinski definition) is 1. The monoisotopic (exact) mass is 383 g/mol. The zero-order chi connectivity index (χ0) is 12.5. The van der Waals surface area contributed by atoms with E-state index in [4.69, 9.17) is 0 Å². The van der Waals surface area contributed by atoms with Crippen molar-refractivity contribution in [1.29, 1.82) is 0 Å². The minimum absolute atomic E-state index is 0.770. The number of rotatable bonds is 2. The predicted octanol–water partition coefficient (Wildman–Crippen LogP) is 4.96. The van der Waals surface area contributed by atoms with Gasteiger partial charge in [0.2, 0.25) is 5.13 Å². The summed E-state index contributed by atoms with van der Waals surface area (Å²) in [5, 5.41) is 14.3. The maximum atomic E-state index is 4.04. The Morgan fingerprint density at radius 3 is 2.44 bits per heavy atom. The molecule has 0 amide bonds. The van der Waals surface area contributed by atoms with Crippen molar-refractivity contribution in [1.82, 2.24) is 10.2 Å². The molecule has 0 atom stereocenters. The van der Waals surface area contributed by atoms with Crippen LogP contribution in [-0.4, -0.2) is 10.2 Å². The summed E-state index contributed by atoms with van der Waals surface area (Å²) in [7, 11) is 0. The molecule has 90 valence electrons. The highest BCUT2D eigenvalue weighted by Crippen LogP contribution is 2.32. The first kappa shape index (κ1) is 12.1. The number of halogens is 2. The number of benzene rings is 2. The average Bonchev–Trinajstić information content (AvgIpc) is 2.79. The van der Waals surface area contributed by atoms with E-state index in [0.29, 0.717) is 0 Å². The average molecular weight is 385 g/mol. The Morgan fingerprint density at radius 1 is 0.944 bits per heavy atom. The molecule has 0 bridgehead atoms. The number of nitrogens with zero attached hydrogens (tertiary/aromatic N) is 2. The van der Waals surface area contributed by atoms with E-state index >= 15 is 0 Å². The van der Waals surface area contributed by atoms with E-state index in [1.54, 1.807) is 0 Å². The van der Waals surface area contributed by atoms with Crippen molar-refractivity contribution in [2.45, 2.75) is 0 Å². The Bertz CT molecular complexity index is 711. The van der Waals surface area contributed by atoms with E-state index in [1.807, 2.05) is 24.3 Å². The summed E-state index contributed by atoms with van der Waals surface area (Å²) < 4.78 is 1.86. The highest BCUT2D eigenvalue weighted by molar-refractivity contribution is 9.11. The highest BCUT2D eigenvalue weighted by Gasteiger charge is 2.06. The molecule has 3 rings (SSSR count). The molecule has 0 saturated heterocycles. The lowest BCUT2D eigenvalue weighted by Crippen LogP contribution is -1.91. The Hall–Kier alpha value is -0.980. The lowest BCUT2D eigenvalue weighted by Gasteiger charge is -2.08.